The van der Waals surface area contributed by atoms with Gasteiger partial charge in [-0.15, -0.1) is 0 Å². The SMILES string of the molecule is C[C@@H](c1ccc(-c2ccc(=O)n(C)c2)cc1)N1C=C[C@@](CCO)(c2ccccc2)OC1. The van der Waals surface area contributed by atoms with Gasteiger partial charge in [-0.25, -0.2) is 0 Å². The Morgan fingerprint density at radius 3 is 2.35 bits per heavy atom. The minimum Gasteiger partial charge on any atom is -0.396 e. The maximum absolute atomic E-state index is 11.6. The molecule has 0 bridgehead atoms. The number of rotatable bonds is 6. The van der Waals surface area contributed by atoms with Gasteiger partial charge in [0, 0.05) is 38.5 Å². The minimum atomic E-state index is -0.598. The van der Waals surface area contributed by atoms with E-state index in [0.717, 1.165) is 16.7 Å². The fourth-order valence-corrected chi connectivity index (χ4v) is 4.01. The van der Waals surface area contributed by atoms with E-state index in [-0.39, 0.29) is 18.2 Å². The highest BCUT2D eigenvalue weighted by Gasteiger charge is 2.34. The molecule has 4 rings (SSSR count). The molecule has 31 heavy (non-hydrogen) atoms. The van der Waals surface area contributed by atoms with Gasteiger partial charge in [0.2, 0.25) is 5.56 Å². The molecule has 1 aromatic heterocycles. The first-order valence-corrected chi connectivity index (χ1v) is 10.5. The summed E-state index contributed by atoms with van der Waals surface area (Å²) in [5, 5.41) is 9.60. The summed E-state index contributed by atoms with van der Waals surface area (Å²) >= 11 is 0. The Morgan fingerprint density at radius 1 is 1.03 bits per heavy atom. The molecule has 5 heteroatoms. The van der Waals surface area contributed by atoms with Crippen LogP contribution in [0.1, 0.15) is 30.5 Å². The van der Waals surface area contributed by atoms with Crippen LogP contribution >= 0.6 is 0 Å². The third-order valence-corrected chi connectivity index (χ3v) is 6.06. The predicted octanol–water partition coefficient (Wildman–Crippen LogP) is 4.19. The number of pyridine rings is 1. The fraction of sp³-hybridized carbons (Fsp3) is 0.269. The molecule has 0 radical (unpaired) electrons. The highest BCUT2D eigenvalue weighted by Crippen LogP contribution is 2.36. The normalized spacial score (nSPS) is 19.4. The number of aromatic nitrogens is 1. The van der Waals surface area contributed by atoms with Crippen molar-refractivity contribution < 1.29 is 9.84 Å². The maximum atomic E-state index is 11.6. The standard InChI is InChI=1S/C26H28N2O3/c1-20(21-8-10-22(11-9-21)23-12-13-25(30)27(2)18-23)28-16-14-26(15-17-29,31-19-28)24-6-4-3-5-7-24/h3-14,16,18,20,29H,15,17,19H2,1-2H3/t20-,26+/m0/s1. The van der Waals surface area contributed by atoms with Gasteiger partial charge in [0.05, 0.1) is 6.04 Å². The summed E-state index contributed by atoms with van der Waals surface area (Å²) in [4.78, 5) is 13.8. The molecule has 0 aliphatic carbocycles. The average molecular weight is 417 g/mol. The van der Waals surface area contributed by atoms with E-state index in [2.05, 4.69) is 48.4 Å². The predicted molar refractivity (Wildman–Crippen MR) is 122 cm³/mol. The molecule has 2 heterocycles. The van der Waals surface area contributed by atoms with Crippen molar-refractivity contribution in [2.75, 3.05) is 13.3 Å². The Kier molecular flexibility index (Phi) is 6.07. The molecular weight excluding hydrogens is 388 g/mol. The topological polar surface area (TPSA) is 54.7 Å². The van der Waals surface area contributed by atoms with Crippen LogP contribution in [0, 0.1) is 0 Å². The maximum Gasteiger partial charge on any atom is 0.250 e. The van der Waals surface area contributed by atoms with Crippen molar-refractivity contribution in [1.82, 2.24) is 9.47 Å². The zero-order valence-electron chi connectivity index (χ0n) is 17.9. The van der Waals surface area contributed by atoms with E-state index in [1.54, 1.807) is 17.7 Å². The Balaban J connectivity index is 1.52. The van der Waals surface area contributed by atoms with Crippen LogP contribution < -0.4 is 5.56 Å². The van der Waals surface area contributed by atoms with Crippen LogP contribution in [0.4, 0.5) is 0 Å². The second kappa shape index (κ2) is 8.92. The monoisotopic (exact) mass is 416 g/mol. The van der Waals surface area contributed by atoms with Gasteiger partial charge in [0.25, 0.3) is 0 Å². The van der Waals surface area contributed by atoms with Crippen LogP contribution in [0.5, 0.6) is 0 Å². The van der Waals surface area contributed by atoms with Crippen LogP contribution in [0.25, 0.3) is 11.1 Å². The molecule has 0 amide bonds. The summed E-state index contributed by atoms with van der Waals surface area (Å²) < 4.78 is 7.90. The van der Waals surface area contributed by atoms with Crippen LogP contribution in [0.3, 0.4) is 0 Å². The van der Waals surface area contributed by atoms with Gasteiger partial charge in [0.1, 0.15) is 12.3 Å². The van der Waals surface area contributed by atoms with Gasteiger partial charge >= 0.3 is 0 Å². The number of hydrogen-bond donors (Lipinski definition) is 1. The highest BCUT2D eigenvalue weighted by molar-refractivity contribution is 5.62. The van der Waals surface area contributed by atoms with Gasteiger partial charge in [-0.3, -0.25) is 4.79 Å². The van der Waals surface area contributed by atoms with Crippen LogP contribution in [0.15, 0.2) is 90.0 Å². The number of aryl methyl sites for hydroxylation is 1. The van der Waals surface area contributed by atoms with Crippen molar-refractivity contribution in [3.63, 3.8) is 0 Å². The third kappa shape index (κ3) is 4.33. The van der Waals surface area contributed by atoms with Crippen molar-refractivity contribution in [2.45, 2.75) is 25.0 Å². The number of aliphatic hydroxyl groups is 1. The molecule has 160 valence electrons. The molecule has 0 saturated carbocycles. The third-order valence-electron chi connectivity index (χ3n) is 6.06. The number of nitrogens with zero attached hydrogens (tertiary/aromatic N) is 2. The lowest BCUT2D eigenvalue weighted by Gasteiger charge is -2.40. The zero-order chi connectivity index (χ0) is 21.8. The zero-order valence-corrected chi connectivity index (χ0v) is 17.9. The largest absolute Gasteiger partial charge is 0.396 e. The van der Waals surface area contributed by atoms with E-state index in [4.69, 9.17) is 4.74 Å². The first-order valence-electron chi connectivity index (χ1n) is 10.5. The molecule has 0 fully saturated rings. The lowest BCUT2D eigenvalue weighted by atomic mass is 9.89. The summed E-state index contributed by atoms with van der Waals surface area (Å²) in [5.74, 6) is 0. The van der Waals surface area contributed by atoms with Crippen molar-refractivity contribution in [3.05, 3.63) is 107 Å². The lowest BCUT2D eigenvalue weighted by molar-refractivity contribution is -0.0919. The summed E-state index contributed by atoms with van der Waals surface area (Å²) in [6.45, 7) is 2.65. The first-order chi connectivity index (χ1) is 15.0. The van der Waals surface area contributed by atoms with E-state index in [9.17, 15) is 9.90 Å². The molecule has 1 aliphatic heterocycles. The van der Waals surface area contributed by atoms with Crippen molar-refractivity contribution >= 4 is 0 Å². The summed E-state index contributed by atoms with van der Waals surface area (Å²) in [6, 6.07) is 22.0. The smallest absolute Gasteiger partial charge is 0.250 e. The number of aliphatic hydroxyl groups excluding tert-OH is 1. The van der Waals surface area contributed by atoms with Crippen LogP contribution in [0.2, 0.25) is 0 Å². The van der Waals surface area contributed by atoms with E-state index >= 15 is 0 Å². The van der Waals surface area contributed by atoms with Crippen LogP contribution in [-0.2, 0) is 17.4 Å². The van der Waals surface area contributed by atoms with Crippen molar-refractivity contribution in [2.24, 2.45) is 7.05 Å². The molecule has 1 aliphatic rings. The Labute approximate surface area is 182 Å². The molecule has 0 spiro atoms. The minimum absolute atomic E-state index is 0.0151. The van der Waals surface area contributed by atoms with Crippen molar-refractivity contribution in [1.29, 1.82) is 0 Å². The number of ether oxygens (including phenoxy) is 1. The molecule has 0 saturated heterocycles. The number of hydrogen-bond acceptors (Lipinski definition) is 4. The lowest BCUT2D eigenvalue weighted by Crippen LogP contribution is -2.39. The molecule has 0 unspecified atom stereocenters. The summed E-state index contributed by atoms with van der Waals surface area (Å²) in [7, 11) is 1.76. The van der Waals surface area contributed by atoms with Gasteiger partial charge < -0.3 is 19.3 Å². The van der Waals surface area contributed by atoms with E-state index < -0.39 is 5.60 Å². The Bertz CT molecular complexity index is 1110. The van der Waals surface area contributed by atoms with E-state index in [0.29, 0.717) is 13.2 Å². The molecule has 2 atom stereocenters. The quantitative estimate of drug-likeness (QED) is 0.655. The molecule has 5 nitrogen and oxygen atoms in total. The molecule has 2 aromatic carbocycles. The first kappa shape index (κ1) is 21.1. The molecule has 1 N–H and O–H groups in total. The highest BCUT2D eigenvalue weighted by atomic mass is 16.5. The second-order valence-electron chi connectivity index (χ2n) is 8.00. The van der Waals surface area contributed by atoms with E-state index in [1.807, 2.05) is 42.6 Å². The van der Waals surface area contributed by atoms with Gasteiger partial charge in [-0.2, -0.15) is 0 Å². The Hall–Kier alpha value is -3.15. The fourth-order valence-electron chi connectivity index (χ4n) is 4.01. The van der Waals surface area contributed by atoms with Gasteiger partial charge in [-0.05, 0) is 41.3 Å². The molecule has 3 aromatic rings. The molecular formula is C26H28N2O3. The van der Waals surface area contributed by atoms with Gasteiger partial charge in [0.15, 0.2) is 0 Å². The van der Waals surface area contributed by atoms with Crippen molar-refractivity contribution in [3.8, 4) is 11.1 Å². The number of benzene rings is 2. The van der Waals surface area contributed by atoms with Crippen LogP contribution in [-0.4, -0.2) is 27.9 Å². The Morgan fingerprint density at radius 2 is 1.74 bits per heavy atom. The van der Waals surface area contributed by atoms with E-state index in [1.165, 1.54) is 5.56 Å². The second-order valence-corrected chi connectivity index (χ2v) is 8.00. The average Bonchev–Trinajstić information content (AvgIpc) is 2.82. The summed E-state index contributed by atoms with van der Waals surface area (Å²) in [6.07, 6.45) is 6.51. The van der Waals surface area contributed by atoms with Gasteiger partial charge in [-0.1, -0.05) is 54.6 Å². The summed E-state index contributed by atoms with van der Waals surface area (Å²) in [5.41, 5.74) is 3.70.